The van der Waals surface area contributed by atoms with Gasteiger partial charge in [0.05, 0.1) is 16.0 Å². The molecule has 0 bridgehead atoms. The monoisotopic (exact) mass is 349 g/mol. The Hall–Kier alpha value is -0.990. The molecule has 0 aliphatic heterocycles. The number of methoxy groups -OCH3 is 1. The van der Waals surface area contributed by atoms with Gasteiger partial charge in [0, 0.05) is 13.7 Å². The van der Waals surface area contributed by atoms with Crippen LogP contribution in [0.4, 0.5) is 4.39 Å². The second-order valence-corrected chi connectivity index (χ2v) is 7.16. The van der Waals surface area contributed by atoms with E-state index in [0.29, 0.717) is 0 Å². The normalized spacial score (nSPS) is 13.3. The third-order valence-electron chi connectivity index (χ3n) is 2.86. The fourth-order valence-corrected chi connectivity index (χ4v) is 3.71. The van der Waals surface area contributed by atoms with Gasteiger partial charge < -0.3 is 4.74 Å². The first-order chi connectivity index (χ1) is 9.94. The molecular formula is C13H13ClFNO3S2. The third kappa shape index (κ3) is 4.02. The highest BCUT2D eigenvalue weighted by Crippen LogP contribution is 2.21. The number of rotatable bonds is 6. The highest BCUT2D eigenvalue weighted by molar-refractivity contribution is 7.89. The second kappa shape index (κ2) is 6.85. The van der Waals surface area contributed by atoms with E-state index in [9.17, 15) is 12.8 Å². The summed E-state index contributed by atoms with van der Waals surface area (Å²) in [5.74, 6) is -0.663. The Morgan fingerprint density at radius 1 is 1.43 bits per heavy atom. The summed E-state index contributed by atoms with van der Waals surface area (Å²) >= 11 is 7.10. The van der Waals surface area contributed by atoms with Gasteiger partial charge in [-0.25, -0.2) is 17.5 Å². The van der Waals surface area contributed by atoms with Gasteiger partial charge in [0.25, 0.3) is 0 Å². The fourth-order valence-electron chi connectivity index (χ4n) is 1.71. The highest BCUT2D eigenvalue weighted by Gasteiger charge is 2.19. The molecule has 1 aromatic heterocycles. The van der Waals surface area contributed by atoms with Crippen LogP contribution >= 0.6 is 22.9 Å². The number of benzene rings is 1. The lowest BCUT2D eigenvalue weighted by Gasteiger charge is -2.15. The van der Waals surface area contributed by atoms with E-state index in [-0.39, 0.29) is 22.6 Å². The standard InChI is InChI=1S/C13H13ClFNO3S2/c1-19-13(9-4-5-20-8-9)7-16-21(17,18)10-2-3-12(15)11(14)6-10/h2-6,8,13,16H,7H2,1H3. The van der Waals surface area contributed by atoms with Crippen molar-refractivity contribution >= 4 is 33.0 Å². The van der Waals surface area contributed by atoms with Crippen LogP contribution in [0.5, 0.6) is 0 Å². The van der Waals surface area contributed by atoms with Crippen LogP contribution in [0.25, 0.3) is 0 Å². The van der Waals surface area contributed by atoms with Crippen LogP contribution < -0.4 is 4.72 Å². The third-order valence-corrected chi connectivity index (χ3v) is 5.27. The molecule has 1 heterocycles. The van der Waals surface area contributed by atoms with Crippen molar-refractivity contribution in [1.82, 2.24) is 4.72 Å². The molecule has 0 spiro atoms. The Kier molecular flexibility index (Phi) is 5.34. The maximum absolute atomic E-state index is 13.1. The Morgan fingerprint density at radius 2 is 2.19 bits per heavy atom. The maximum atomic E-state index is 13.1. The molecule has 1 unspecified atom stereocenters. The number of ether oxygens (including phenoxy) is 1. The number of thiophene rings is 1. The van der Waals surface area contributed by atoms with Crippen LogP contribution in [0.1, 0.15) is 11.7 Å². The average Bonchev–Trinajstić information content (AvgIpc) is 2.96. The molecule has 1 aromatic carbocycles. The van der Waals surface area contributed by atoms with Crippen LogP contribution in [0.3, 0.4) is 0 Å². The van der Waals surface area contributed by atoms with Crippen molar-refractivity contribution in [1.29, 1.82) is 0 Å². The molecule has 2 aromatic rings. The van der Waals surface area contributed by atoms with E-state index in [4.69, 9.17) is 16.3 Å². The summed E-state index contributed by atoms with van der Waals surface area (Å²) in [4.78, 5) is -0.0888. The van der Waals surface area contributed by atoms with E-state index in [1.54, 1.807) is 0 Å². The van der Waals surface area contributed by atoms with Crippen molar-refractivity contribution in [2.75, 3.05) is 13.7 Å². The Balaban J connectivity index is 2.12. The Bertz CT molecular complexity index is 704. The molecule has 4 nitrogen and oxygen atoms in total. The molecule has 0 aliphatic rings. The lowest BCUT2D eigenvalue weighted by molar-refractivity contribution is 0.107. The zero-order chi connectivity index (χ0) is 15.5. The van der Waals surface area contributed by atoms with Gasteiger partial charge in [0.15, 0.2) is 0 Å². The SMILES string of the molecule is COC(CNS(=O)(=O)c1ccc(F)c(Cl)c1)c1ccsc1. The minimum absolute atomic E-state index is 0.0740. The van der Waals surface area contributed by atoms with Gasteiger partial charge in [-0.05, 0) is 40.6 Å². The van der Waals surface area contributed by atoms with E-state index in [1.165, 1.54) is 18.4 Å². The number of nitrogens with one attached hydrogen (secondary N) is 1. The molecule has 21 heavy (non-hydrogen) atoms. The summed E-state index contributed by atoms with van der Waals surface area (Å²) < 4.78 is 45.1. The predicted molar refractivity (Wildman–Crippen MR) is 80.7 cm³/mol. The maximum Gasteiger partial charge on any atom is 0.240 e. The number of halogens is 2. The summed E-state index contributed by atoms with van der Waals surface area (Å²) in [5, 5.41) is 3.53. The Labute approximate surface area is 131 Å². The van der Waals surface area contributed by atoms with Crippen LogP contribution in [-0.4, -0.2) is 22.1 Å². The number of hydrogen-bond acceptors (Lipinski definition) is 4. The van der Waals surface area contributed by atoms with Crippen molar-refractivity contribution in [3.05, 3.63) is 51.4 Å². The zero-order valence-corrected chi connectivity index (χ0v) is 13.4. The molecule has 0 fully saturated rings. The Morgan fingerprint density at radius 3 is 2.76 bits per heavy atom. The van der Waals surface area contributed by atoms with Crippen molar-refractivity contribution < 1.29 is 17.5 Å². The van der Waals surface area contributed by atoms with Gasteiger partial charge in [0.1, 0.15) is 5.82 Å². The zero-order valence-electron chi connectivity index (χ0n) is 11.0. The van der Waals surface area contributed by atoms with E-state index in [1.807, 2.05) is 16.8 Å². The minimum Gasteiger partial charge on any atom is -0.375 e. The largest absolute Gasteiger partial charge is 0.375 e. The molecule has 0 saturated carbocycles. The first kappa shape index (κ1) is 16.4. The van der Waals surface area contributed by atoms with Crippen molar-refractivity contribution in [2.45, 2.75) is 11.0 Å². The van der Waals surface area contributed by atoms with E-state index >= 15 is 0 Å². The summed E-state index contributed by atoms with van der Waals surface area (Å²) in [7, 11) is -2.27. The molecule has 0 radical (unpaired) electrons. The fraction of sp³-hybridized carbons (Fsp3) is 0.231. The van der Waals surface area contributed by atoms with Crippen molar-refractivity contribution in [2.24, 2.45) is 0 Å². The molecule has 114 valence electrons. The lowest BCUT2D eigenvalue weighted by atomic mass is 10.2. The van der Waals surface area contributed by atoms with E-state index < -0.39 is 15.8 Å². The lowest BCUT2D eigenvalue weighted by Crippen LogP contribution is -2.29. The predicted octanol–water partition coefficient (Wildman–Crippen LogP) is 3.21. The summed E-state index contributed by atoms with van der Waals surface area (Å²) in [6.07, 6.45) is -0.387. The average molecular weight is 350 g/mol. The summed E-state index contributed by atoms with van der Waals surface area (Å²) in [6.45, 7) is 0.0740. The molecule has 0 amide bonds. The molecule has 8 heteroatoms. The smallest absolute Gasteiger partial charge is 0.240 e. The van der Waals surface area contributed by atoms with Gasteiger partial charge in [-0.2, -0.15) is 11.3 Å². The van der Waals surface area contributed by atoms with Gasteiger partial charge >= 0.3 is 0 Å². The van der Waals surface area contributed by atoms with Crippen molar-refractivity contribution in [3.63, 3.8) is 0 Å². The molecule has 0 aliphatic carbocycles. The first-order valence-corrected chi connectivity index (χ1v) is 8.74. The second-order valence-electron chi connectivity index (χ2n) is 4.21. The van der Waals surface area contributed by atoms with Crippen LogP contribution in [0.2, 0.25) is 5.02 Å². The minimum atomic E-state index is -3.77. The van der Waals surface area contributed by atoms with Crippen molar-refractivity contribution in [3.8, 4) is 0 Å². The quantitative estimate of drug-likeness (QED) is 0.871. The highest BCUT2D eigenvalue weighted by atomic mass is 35.5. The van der Waals surface area contributed by atoms with Gasteiger partial charge in [-0.15, -0.1) is 0 Å². The van der Waals surface area contributed by atoms with Gasteiger partial charge in [0.2, 0.25) is 10.0 Å². The van der Waals surface area contributed by atoms with E-state index in [2.05, 4.69) is 4.72 Å². The van der Waals surface area contributed by atoms with E-state index in [0.717, 1.165) is 23.8 Å². The van der Waals surface area contributed by atoms with Crippen LogP contribution in [0.15, 0.2) is 39.9 Å². The molecule has 1 atom stereocenters. The topological polar surface area (TPSA) is 55.4 Å². The number of hydrogen-bond donors (Lipinski definition) is 1. The summed E-state index contributed by atoms with van der Waals surface area (Å²) in [6, 6.07) is 5.12. The molecule has 2 rings (SSSR count). The molecule has 1 N–H and O–H groups in total. The molecule has 0 saturated heterocycles. The molecular weight excluding hydrogens is 337 g/mol. The number of sulfonamides is 1. The van der Waals surface area contributed by atoms with Gasteiger partial charge in [-0.1, -0.05) is 11.6 Å². The van der Waals surface area contributed by atoms with Crippen LogP contribution in [0, 0.1) is 5.82 Å². The van der Waals surface area contributed by atoms with Crippen LogP contribution in [-0.2, 0) is 14.8 Å². The van der Waals surface area contributed by atoms with Gasteiger partial charge in [-0.3, -0.25) is 0 Å². The summed E-state index contributed by atoms with van der Waals surface area (Å²) in [5.41, 5.74) is 0.891. The first-order valence-electron chi connectivity index (χ1n) is 5.93.